The van der Waals surface area contributed by atoms with Crippen molar-refractivity contribution in [3.63, 3.8) is 0 Å². The molecule has 0 N–H and O–H groups in total. The molecular formula is C23H27ClN2O4. The van der Waals surface area contributed by atoms with Gasteiger partial charge in [0.25, 0.3) is 0 Å². The van der Waals surface area contributed by atoms with E-state index in [0.717, 1.165) is 30.1 Å². The van der Waals surface area contributed by atoms with Crippen molar-refractivity contribution in [1.82, 2.24) is 4.90 Å². The second-order valence-corrected chi connectivity index (χ2v) is 7.19. The highest BCUT2D eigenvalue weighted by atomic mass is 35.5. The van der Waals surface area contributed by atoms with Crippen molar-refractivity contribution >= 4 is 29.3 Å². The molecule has 0 radical (unpaired) electrons. The van der Waals surface area contributed by atoms with Crippen molar-refractivity contribution in [3.8, 4) is 17.2 Å². The number of hydrogen-bond donors (Lipinski definition) is 0. The summed E-state index contributed by atoms with van der Waals surface area (Å²) < 4.78 is 16.3. The maximum absolute atomic E-state index is 12.7. The van der Waals surface area contributed by atoms with Gasteiger partial charge in [0, 0.05) is 32.3 Å². The minimum atomic E-state index is -0.0282. The molecule has 0 atom stereocenters. The Balaban J connectivity index is 1.64. The SMILES string of the molecule is CCOc1cc(/C=C/C(=O)N2CCN(c3ccccc3OC)CC2)cc(Cl)c1OC. The van der Waals surface area contributed by atoms with E-state index in [-0.39, 0.29) is 5.91 Å². The van der Waals surface area contributed by atoms with Gasteiger partial charge in [-0.2, -0.15) is 0 Å². The largest absolute Gasteiger partial charge is 0.495 e. The molecule has 1 fully saturated rings. The number of ether oxygens (including phenoxy) is 3. The van der Waals surface area contributed by atoms with Crippen LogP contribution in [0, 0.1) is 0 Å². The van der Waals surface area contributed by atoms with E-state index in [1.165, 1.54) is 0 Å². The van der Waals surface area contributed by atoms with Crippen LogP contribution in [0.25, 0.3) is 6.08 Å². The molecule has 30 heavy (non-hydrogen) atoms. The van der Waals surface area contributed by atoms with Crippen LogP contribution in [0.4, 0.5) is 5.69 Å². The number of carbonyl (C=O) groups excluding carboxylic acids is 1. The summed E-state index contributed by atoms with van der Waals surface area (Å²) in [7, 11) is 3.22. The second-order valence-electron chi connectivity index (χ2n) is 6.78. The summed E-state index contributed by atoms with van der Waals surface area (Å²) in [5.41, 5.74) is 1.84. The van der Waals surface area contributed by atoms with Gasteiger partial charge in [-0.05, 0) is 42.8 Å². The summed E-state index contributed by atoms with van der Waals surface area (Å²) >= 11 is 6.28. The number of nitrogens with zero attached hydrogens (tertiary/aromatic N) is 2. The number of methoxy groups -OCH3 is 2. The lowest BCUT2D eigenvalue weighted by molar-refractivity contribution is -0.126. The first kappa shape index (κ1) is 21.8. The van der Waals surface area contributed by atoms with E-state index in [0.29, 0.717) is 36.2 Å². The monoisotopic (exact) mass is 430 g/mol. The predicted octanol–water partition coefficient (Wildman–Crippen LogP) is 4.12. The molecule has 1 aliphatic rings. The highest BCUT2D eigenvalue weighted by Crippen LogP contribution is 2.36. The molecule has 1 aliphatic heterocycles. The Labute approximate surface area is 182 Å². The van der Waals surface area contributed by atoms with Crippen LogP contribution in [0.5, 0.6) is 17.2 Å². The first-order valence-corrected chi connectivity index (χ1v) is 10.3. The molecule has 0 bridgehead atoms. The van der Waals surface area contributed by atoms with Crippen LogP contribution in [0.2, 0.25) is 5.02 Å². The number of halogens is 1. The third-order valence-corrected chi connectivity index (χ3v) is 5.25. The standard InChI is InChI=1S/C23H27ClN2O4/c1-4-30-21-16-17(15-18(24)23(21)29-3)9-10-22(27)26-13-11-25(12-14-26)19-7-5-6-8-20(19)28-2/h5-10,15-16H,4,11-14H2,1-3H3/b10-9+. The molecule has 160 valence electrons. The topological polar surface area (TPSA) is 51.2 Å². The average Bonchev–Trinajstić information content (AvgIpc) is 2.77. The number of hydrogen-bond acceptors (Lipinski definition) is 5. The normalized spacial score (nSPS) is 14.1. The summed E-state index contributed by atoms with van der Waals surface area (Å²) in [4.78, 5) is 16.7. The maximum Gasteiger partial charge on any atom is 0.246 e. The Kier molecular flexibility index (Phi) is 7.46. The van der Waals surface area contributed by atoms with Crippen LogP contribution in [0.1, 0.15) is 12.5 Å². The number of para-hydroxylation sites is 2. The Morgan fingerprint density at radius 1 is 1.07 bits per heavy atom. The molecule has 1 heterocycles. The van der Waals surface area contributed by atoms with E-state index in [2.05, 4.69) is 4.90 Å². The molecule has 7 heteroatoms. The zero-order valence-corrected chi connectivity index (χ0v) is 18.3. The van der Waals surface area contributed by atoms with Crippen molar-refractivity contribution in [3.05, 3.63) is 53.1 Å². The van der Waals surface area contributed by atoms with Gasteiger partial charge in [0.1, 0.15) is 5.75 Å². The Morgan fingerprint density at radius 3 is 2.47 bits per heavy atom. The minimum absolute atomic E-state index is 0.0282. The predicted molar refractivity (Wildman–Crippen MR) is 120 cm³/mol. The number of carbonyl (C=O) groups is 1. The zero-order chi connectivity index (χ0) is 21.5. The van der Waals surface area contributed by atoms with E-state index in [1.807, 2.05) is 42.2 Å². The number of benzene rings is 2. The van der Waals surface area contributed by atoms with Gasteiger partial charge in [-0.25, -0.2) is 0 Å². The fraction of sp³-hybridized carbons (Fsp3) is 0.348. The number of anilines is 1. The molecule has 0 aliphatic carbocycles. The molecule has 1 saturated heterocycles. The summed E-state index contributed by atoms with van der Waals surface area (Å²) in [5.74, 6) is 1.87. The lowest BCUT2D eigenvalue weighted by Crippen LogP contribution is -2.48. The van der Waals surface area contributed by atoms with Gasteiger partial charge in [0.15, 0.2) is 11.5 Å². The van der Waals surface area contributed by atoms with Crippen LogP contribution in [0.3, 0.4) is 0 Å². The molecule has 1 amide bonds. The van der Waals surface area contributed by atoms with E-state index >= 15 is 0 Å². The van der Waals surface area contributed by atoms with Gasteiger partial charge in [0.2, 0.25) is 5.91 Å². The van der Waals surface area contributed by atoms with Gasteiger partial charge in [-0.3, -0.25) is 4.79 Å². The van der Waals surface area contributed by atoms with Crippen molar-refractivity contribution in [2.24, 2.45) is 0 Å². The molecule has 6 nitrogen and oxygen atoms in total. The van der Waals surface area contributed by atoms with Crippen molar-refractivity contribution in [1.29, 1.82) is 0 Å². The van der Waals surface area contributed by atoms with Gasteiger partial charge < -0.3 is 24.0 Å². The lowest BCUT2D eigenvalue weighted by Gasteiger charge is -2.36. The van der Waals surface area contributed by atoms with Crippen molar-refractivity contribution in [2.75, 3.05) is 51.9 Å². The average molecular weight is 431 g/mol. The highest BCUT2D eigenvalue weighted by molar-refractivity contribution is 6.32. The fourth-order valence-electron chi connectivity index (χ4n) is 3.48. The van der Waals surface area contributed by atoms with Gasteiger partial charge in [-0.15, -0.1) is 0 Å². The molecule has 2 aromatic carbocycles. The third kappa shape index (κ3) is 5.00. The molecule has 0 unspecified atom stereocenters. The molecule has 0 saturated carbocycles. The Bertz CT molecular complexity index is 908. The fourth-order valence-corrected chi connectivity index (χ4v) is 3.77. The number of rotatable bonds is 7. The Hall–Kier alpha value is -2.86. The molecule has 0 spiro atoms. The van der Waals surface area contributed by atoms with E-state index in [1.54, 1.807) is 32.4 Å². The molecule has 3 rings (SSSR count). The van der Waals surface area contributed by atoms with E-state index in [9.17, 15) is 4.79 Å². The van der Waals surface area contributed by atoms with Crippen LogP contribution in [0.15, 0.2) is 42.5 Å². The van der Waals surface area contributed by atoms with Crippen molar-refractivity contribution in [2.45, 2.75) is 6.92 Å². The summed E-state index contributed by atoms with van der Waals surface area (Å²) in [6.45, 7) is 5.19. The maximum atomic E-state index is 12.7. The first-order valence-electron chi connectivity index (χ1n) is 9.92. The van der Waals surface area contributed by atoms with Crippen LogP contribution in [-0.2, 0) is 4.79 Å². The molecule has 0 aromatic heterocycles. The summed E-state index contributed by atoms with van der Waals surface area (Å²) in [6.07, 6.45) is 3.33. The molecule has 2 aromatic rings. The quantitative estimate of drug-likeness (QED) is 0.618. The van der Waals surface area contributed by atoms with E-state index < -0.39 is 0 Å². The van der Waals surface area contributed by atoms with Crippen LogP contribution < -0.4 is 19.1 Å². The van der Waals surface area contributed by atoms with Crippen LogP contribution in [-0.4, -0.2) is 57.8 Å². The third-order valence-electron chi connectivity index (χ3n) is 4.97. The summed E-state index contributed by atoms with van der Waals surface area (Å²) in [5, 5.41) is 0.445. The lowest BCUT2D eigenvalue weighted by atomic mass is 10.1. The van der Waals surface area contributed by atoms with Gasteiger partial charge >= 0.3 is 0 Å². The molecular weight excluding hydrogens is 404 g/mol. The highest BCUT2D eigenvalue weighted by Gasteiger charge is 2.21. The number of piperazine rings is 1. The van der Waals surface area contributed by atoms with Gasteiger partial charge in [0.05, 0.1) is 31.5 Å². The zero-order valence-electron chi connectivity index (χ0n) is 17.6. The smallest absolute Gasteiger partial charge is 0.246 e. The van der Waals surface area contributed by atoms with Gasteiger partial charge in [-0.1, -0.05) is 23.7 Å². The Morgan fingerprint density at radius 2 is 1.80 bits per heavy atom. The van der Waals surface area contributed by atoms with Crippen molar-refractivity contribution < 1.29 is 19.0 Å². The first-order chi connectivity index (χ1) is 14.6. The van der Waals surface area contributed by atoms with Crippen LogP contribution >= 0.6 is 11.6 Å². The second kappa shape index (κ2) is 10.3. The minimum Gasteiger partial charge on any atom is -0.495 e. The summed E-state index contributed by atoms with van der Waals surface area (Å²) in [6, 6.07) is 11.5. The number of amides is 1. The van der Waals surface area contributed by atoms with E-state index in [4.69, 9.17) is 25.8 Å².